The molecule has 160 valence electrons. The number of aromatic nitrogens is 2. The van der Waals surface area contributed by atoms with E-state index in [9.17, 15) is 4.79 Å². The summed E-state index contributed by atoms with van der Waals surface area (Å²) in [4.78, 5) is 20.5. The molecular formula is C25H28N4O2. The highest BCUT2D eigenvalue weighted by Crippen LogP contribution is 2.32. The second kappa shape index (κ2) is 9.71. The summed E-state index contributed by atoms with van der Waals surface area (Å²) < 4.78 is 0. The molecule has 31 heavy (non-hydrogen) atoms. The van der Waals surface area contributed by atoms with E-state index in [1.165, 1.54) is 0 Å². The van der Waals surface area contributed by atoms with E-state index < -0.39 is 12.0 Å². The van der Waals surface area contributed by atoms with Gasteiger partial charge in [-0.15, -0.1) is 0 Å². The molecule has 6 heteroatoms. The maximum Gasteiger partial charge on any atom is 0.320 e. The van der Waals surface area contributed by atoms with E-state index in [2.05, 4.69) is 34.6 Å². The molecule has 1 fully saturated rings. The van der Waals surface area contributed by atoms with Crippen molar-refractivity contribution in [1.29, 1.82) is 0 Å². The number of aliphatic carboxylic acids is 1. The van der Waals surface area contributed by atoms with Crippen molar-refractivity contribution in [3.63, 3.8) is 0 Å². The Morgan fingerprint density at radius 2 is 1.61 bits per heavy atom. The average Bonchev–Trinajstić information content (AvgIpc) is 2.81. The second-order valence-corrected chi connectivity index (χ2v) is 8.23. The van der Waals surface area contributed by atoms with Crippen LogP contribution in [0.5, 0.6) is 0 Å². The molecule has 0 spiro atoms. The second-order valence-electron chi connectivity index (χ2n) is 8.23. The first-order valence-electron chi connectivity index (χ1n) is 10.8. The van der Waals surface area contributed by atoms with Gasteiger partial charge in [0, 0.05) is 23.4 Å². The molecule has 0 radical (unpaired) electrons. The third-order valence-electron chi connectivity index (χ3n) is 6.01. The van der Waals surface area contributed by atoms with Crippen LogP contribution in [0.4, 0.5) is 5.95 Å². The van der Waals surface area contributed by atoms with Gasteiger partial charge in [-0.1, -0.05) is 60.7 Å². The topological polar surface area (TPSA) is 101 Å². The first kappa shape index (κ1) is 21.0. The van der Waals surface area contributed by atoms with Crippen LogP contribution in [0.3, 0.4) is 0 Å². The molecule has 0 amide bonds. The molecule has 1 saturated carbocycles. The molecule has 1 aliphatic rings. The third-order valence-corrected chi connectivity index (χ3v) is 6.01. The van der Waals surface area contributed by atoms with Gasteiger partial charge in [0.25, 0.3) is 0 Å². The number of anilines is 1. The lowest BCUT2D eigenvalue weighted by Gasteiger charge is -2.30. The maximum atomic E-state index is 11.0. The molecule has 0 bridgehead atoms. The molecule has 4 rings (SSSR count). The molecule has 0 unspecified atom stereocenters. The Morgan fingerprint density at radius 3 is 2.23 bits per heavy atom. The van der Waals surface area contributed by atoms with Crippen LogP contribution in [0.25, 0.3) is 22.4 Å². The Balaban J connectivity index is 1.49. The highest BCUT2D eigenvalue weighted by atomic mass is 16.4. The van der Waals surface area contributed by atoms with Crippen LogP contribution in [0, 0.1) is 5.92 Å². The van der Waals surface area contributed by atoms with E-state index in [4.69, 9.17) is 15.8 Å². The minimum atomic E-state index is -0.916. The van der Waals surface area contributed by atoms with Crippen LogP contribution in [0.15, 0.2) is 66.9 Å². The number of rotatable bonds is 7. The highest BCUT2D eigenvalue weighted by molar-refractivity contribution is 5.80. The van der Waals surface area contributed by atoms with Gasteiger partial charge in [0.05, 0.1) is 5.69 Å². The summed E-state index contributed by atoms with van der Waals surface area (Å²) in [6, 6.07) is 19.9. The van der Waals surface area contributed by atoms with Gasteiger partial charge in [-0.05, 0) is 43.6 Å². The Morgan fingerprint density at radius 1 is 1.00 bits per heavy atom. The van der Waals surface area contributed by atoms with Gasteiger partial charge in [-0.25, -0.2) is 9.97 Å². The number of nitrogens with zero attached hydrogens (tertiary/aromatic N) is 2. The van der Waals surface area contributed by atoms with E-state index in [0.717, 1.165) is 48.1 Å². The van der Waals surface area contributed by atoms with Crippen molar-refractivity contribution >= 4 is 11.9 Å². The van der Waals surface area contributed by atoms with E-state index in [0.29, 0.717) is 18.3 Å². The number of benzene rings is 2. The van der Waals surface area contributed by atoms with Crippen molar-refractivity contribution in [2.24, 2.45) is 11.7 Å². The number of carboxylic acids is 1. The fraction of sp³-hybridized carbons (Fsp3) is 0.320. The monoisotopic (exact) mass is 416 g/mol. The van der Waals surface area contributed by atoms with Crippen LogP contribution in [-0.2, 0) is 4.79 Å². The SMILES string of the molecule is N[C@@H](CC1CCC(Nc2ncc(-c3ccccc3)c(-c3ccccc3)n2)CC1)C(=O)O. The zero-order valence-electron chi connectivity index (χ0n) is 17.4. The molecule has 6 nitrogen and oxygen atoms in total. The number of nitrogens with one attached hydrogen (secondary N) is 1. The molecule has 1 atom stereocenters. The number of hydrogen-bond donors (Lipinski definition) is 3. The van der Waals surface area contributed by atoms with E-state index in [1.807, 2.05) is 42.6 Å². The minimum Gasteiger partial charge on any atom is -0.480 e. The fourth-order valence-corrected chi connectivity index (χ4v) is 4.28. The maximum absolute atomic E-state index is 11.0. The van der Waals surface area contributed by atoms with Gasteiger partial charge < -0.3 is 16.2 Å². The predicted octanol–water partition coefficient (Wildman–Crippen LogP) is 4.58. The molecule has 1 heterocycles. The summed E-state index contributed by atoms with van der Waals surface area (Å²) in [6.45, 7) is 0. The van der Waals surface area contributed by atoms with Crippen molar-refractivity contribution in [2.45, 2.75) is 44.2 Å². The van der Waals surface area contributed by atoms with Crippen LogP contribution in [0.1, 0.15) is 32.1 Å². The Labute approximate surface area is 182 Å². The molecule has 0 aliphatic heterocycles. The van der Waals surface area contributed by atoms with Gasteiger partial charge in [0.2, 0.25) is 5.95 Å². The summed E-state index contributed by atoms with van der Waals surface area (Å²) in [7, 11) is 0. The third kappa shape index (κ3) is 5.27. The number of carbonyl (C=O) groups is 1. The van der Waals surface area contributed by atoms with Crippen molar-refractivity contribution in [1.82, 2.24) is 9.97 Å². The summed E-state index contributed by atoms with van der Waals surface area (Å²) in [5.41, 5.74) is 9.76. The van der Waals surface area contributed by atoms with Gasteiger partial charge in [-0.3, -0.25) is 4.79 Å². The quantitative estimate of drug-likeness (QED) is 0.521. The van der Waals surface area contributed by atoms with Gasteiger partial charge in [0.1, 0.15) is 6.04 Å². The zero-order valence-corrected chi connectivity index (χ0v) is 17.4. The van der Waals surface area contributed by atoms with Crippen molar-refractivity contribution in [2.75, 3.05) is 5.32 Å². The smallest absolute Gasteiger partial charge is 0.320 e. The van der Waals surface area contributed by atoms with Gasteiger partial charge in [-0.2, -0.15) is 0 Å². The molecule has 0 saturated heterocycles. The Kier molecular flexibility index (Phi) is 6.57. The van der Waals surface area contributed by atoms with Crippen molar-refractivity contribution in [3.05, 3.63) is 66.9 Å². The summed E-state index contributed by atoms with van der Waals surface area (Å²) in [6.07, 6.45) is 6.29. The van der Waals surface area contributed by atoms with E-state index >= 15 is 0 Å². The Bertz CT molecular complexity index is 1000. The Hall–Kier alpha value is -3.25. The molecule has 4 N–H and O–H groups in total. The largest absolute Gasteiger partial charge is 0.480 e. The lowest BCUT2D eigenvalue weighted by Crippen LogP contribution is -2.35. The van der Waals surface area contributed by atoms with Crippen molar-refractivity contribution in [3.8, 4) is 22.4 Å². The number of nitrogens with two attached hydrogens (primary N) is 1. The lowest BCUT2D eigenvalue weighted by molar-refractivity contribution is -0.139. The first-order valence-corrected chi connectivity index (χ1v) is 10.8. The number of hydrogen-bond acceptors (Lipinski definition) is 5. The van der Waals surface area contributed by atoms with E-state index in [-0.39, 0.29) is 6.04 Å². The minimum absolute atomic E-state index is 0.281. The first-order chi connectivity index (χ1) is 15.1. The van der Waals surface area contributed by atoms with Crippen molar-refractivity contribution < 1.29 is 9.90 Å². The van der Waals surface area contributed by atoms with Crippen LogP contribution >= 0.6 is 0 Å². The summed E-state index contributed by atoms with van der Waals surface area (Å²) in [5, 5.41) is 12.5. The summed E-state index contributed by atoms with van der Waals surface area (Å²) >= 11 is 0. The van der Waals surface area contributed by atoms with Gasteiger partial charge >= 0.3 is 5.97 Å². The molecule has 3 aromatic rings. The molecular weight excluding hydrogens is 388 g/mol. The molecule has 1 aliphatic carbocycles. The highest BCUT2D eigenvalue weighted by Gasteiger charge is 2.25. The lowest BCUT2D eigenvalue weighted by atomic mass is 9.82. The normalized spacial score (nSPS) is 19.5. The van der Waals surface area contributed by atoms with Crippen LogP contribution in [-0.4, -0.2) is 33.1 Å². The zero-order chi connectivity index (χ0) is 21.6. The standard InChI is InChI=1S/C25H28N4O2/c26-22(24(30)31)15-17-11-13-20(14-12-17)28-25-27-16-21(18-7-3-1-4-8-18)23(29-25)19-9-5-2-6-10-19/h1-10,16-17,20,22H,11-15,26H2,(H,30,31)(H,27,28,29)/t17?,20?,22-/m0/s1. The molecule has 2 aromatic carbocycles. The fourth-order valence-electron chi connectivity index (χ4n) is 4.28. The van der Waals surface area contributed by atoms with Crippen LogP contribution in [0.2, 0.25) is 0 Å². The summed E-state index contributed by atoms with van der Waals surface area (Å²) in [5.74, 6) is 0.0789. The van der Waals surface area contributed by atoms with E-state index in [1.54, 1.807) is 0 Å². The predicted molar refractivity (Wildman–Crippen MR) is 123 cm³/mol. The van der Waals surface area contributed by atoms with Crippen LogP contribution < -0.4 is 11.1 Å². The van der Waals surface area contributed by atoms with Gasteiger partial charge in [0.15, 0.2) is 0 Å². The molecule has 1 aromatic heterocycles. The average molecular weight is 417 g/mol. The number of carboxylic acid groups (broad SMARTS) is 1.